The Labute approximate surface area is 216 Å². The Bertz CT molecular complexity index is 1130. The van der Waals surface area contributed by atoms with Crippen molar-refractivity contribution in [1.82, 2.24) is 10.2 Å². The van der Waals surface area contributed by atoms with E-state index < -0.39 is 6.04 Å². The van der Waals surface area contributed by atoms with Crippen molar-refractivity contribution in [2.45, 2.75) is 25.9 Å². The van der Waals surface area contributed by atoms with E-state index in [0.717, 1.165) is 11.1 Å². The summed E-state index contributed by atoms with van der Waals surface area (Å²) in [6, 6.07) is 21.1. The van der Waals surface area contributed by atoms with E-state index in [-0.39, 0.29) is 25.0 Å². The highest BCUT2D eigenvalue weighted by Crippen LogP contribution is 2.28. The van der Waals surface area contributed by atoms with E-state index in [1.54, 1.807) is 24.3 Å². The number of rotatable bonds is 12. The number of hydrogen-bond donors (Lipinski definition) is 1. The Morgan fingerprint density at radius 3 is 2.14 bits per heavy atom. The molecule has 0 aliphatic carbocycles. The zero-order chi connectivity index (χ0) is 25.9. The minimum absolute atomic E-state index is 0.151. The van der Waals surface area contributed by atoms with E-state index in [0.29, 0.717) is 35.2 Å². The molecule has 8 heteroatoms. The highest BCUT2D eigenvalue weighted by molar-refractivity contribution is 6.31. The third-order valence-electron chi connectivity index (χ3n) is 5.61. The zero-order valence-corrected chi connectivity index (χ0v) is 21.5. The summed E-state index contributed by atoms with van der Waals surface area (Å²) in [5.41, 5.74) is 1.67. The number of nitrogens with one attached hydrogen (secondary N) is 1. The van der Waals surface area contributed by atoms with Crippen LogP contribution in [0.4, 0.5) is 0 Å². The summed E-state index contributed by atoms with van der Waals surface area (Å²) < 4.78 is 16.4. The van der Waals surface area contributed by atoms with Gasteiger partial charge in [0.2, 0.25) is 5.91 Å². The van der Waals surface area contributed by atoms with Crippen LogP contribution in [0.15, 0.2) is 72.8 Å². The van der Waals surface area contributed by atoms with Gasteiger partial charge in [0.1, 0.15) is 23.3 Å². The molecule has 7 nitrogen and oxygen atoms in total. The lowest BCUT2D eigenvalue weighted by Gasteiger charge is -2.31. The molecule has 0 spiro atoms. The number of halogens is 1. The molecule has 0 radical (unpaired) electrons. The van der Waals surface area contributed by atoms with Crippen LogP contribution in [0.5, 0.6) is 17.2 Å². The Morgan fingerprint density at radius 2 is 1.53 bits per heavy atom. The molecular weight excluding hydrogens is 480 g/mol. The molecule has 36 heavy (non-hydrogen) atoms. The van der Waals surface area contributed by atoms with Gasteiger partial charge in [0.25, 0.3) is 5.91 Å². The number of benzene rings is 3. The van der Waals surface area contributed by atoms with E-state index >= 15 is 0 Å². The quantitative estimate of drug-likeness (QED) is 0.388. The normalized spacial score (nSPS) is 11.3. The highest BCUT2D eigenvalue weighted by Gasteiger charge is 2.31. The molecule has 0 saturated carbocycles. The van der Waals surface area contributed by atoms with Crippen molar-refractivity contribution < 1.29 is 23.8 Å². The fourth-order valence-corrected chi connectivity index (χ4v) is 3.94. The second-order valence-electron chi connectivity index (χ2n) is 8.05. The lowest BCUT2D eigenvalue weighted by molar-refractivity contribution is -0.142. The monoisotopic (exact) mass is 510 g/mol. The van der Waals surface area contributed by atoms with Gasteiger partial charge in [0, 0.05) is 42.7 Å². The van der Waals surface area contributed by atoms with E-state index in [4.69, 9.17) is 25.8 Å². The minimum Gasteiger partial charge on any atom is -0.496 e. The van der Waals surface area contributed by atoms with E-state index in [1.165, 1.54) is 19.1 Å². The van der Waals surface area contributed by atoms with Crippen molar-refractivity contribution in [1.29, 1.82) is 0 Å². The van der Waals surface area contributed by atoms with Gasteiger partial charge in [-0.1, -0.05) is 60.1 Å². The van der Waals surface area contributed by atoms with Crippen LogP contribution in [-0.4, -0.2) is 50.1 Å². The first-order chi connectivity index (χ1) is 17.4. The molecule has 0 aromatic heterocycles. The molecule has 1 atom stereocenters. The second kappa shape index (κ2) is 13.4. The fraction of sp³-hybridized carbons (Fsp3) is 0.286. The van der Waals surface area contributed by atoms with Gasteiger partial charge in [-0.2, -0.15) is 0 Å². The Morgan fingerprint density at radius 1 is 0.917 bits per heavy atom. The Hall–Kier alpha value is -3.71. The number of methoxy groups -OCH3 is 2. The number of amides is 2. The van der Waals surface area contributed by atoms with Gasteiger partial charge in [-0.15, -0.1) is 0 Å². The number of carbonyl (C=O) groups excluding carboxylic acids is 2. The molecule has 0 heterocycles. The predicted octanol–water partition coefficient (Wildman–Crippen LogP) is 4.51. The van der Waals surface area contributed by atoms with Crippen LogP contribution in [-0.2, 0) is 22.6 Å². The van der Waals surface area contributed by atoms with E-state index in [9.17, 15) is 9.59 Å². The Balaban J connectivity index is 1.91. The van der Waals surface area contributed by atoms with Crippen LogP contribution < -0.4 is 19.5 Å². The molecule has 3 rings (SSSR count). The number of likely N-dealkylation sites (N-methyl/N-ethyl adjacent to an activating group) is 1. The molecule has 0 aliphatic rings. The van der Waals surface area contributed by atoms with Crippen LogP contribution in [0.1, 0.15) is 18.1 Å². The summed E-state index contributed by atoms with van der Waals surface area (Å²) in [5, 5.41) is 3.38. The maximum atomic E-state index is 13.6. The average Bonchev–Trinajstić information content (AvgIpc) is 2.90. The van der Waals surface area contributed by atoms with Gasteiger partial charge in [0.15, 0.2) is 6.61 Å². The molecule has 3 aromatic carbocycles. The van der Waals surface area contributed by atoms with E-state index in [1.807, 2.05) is 55.5 Å². The summed E-state index contributed by atoms with van der Waals surface area (Å²) in [4.78, 5) is 28.3. The molecule has 3 aromatic rings. The number of nitrogens with zero attached hydrogens (tertiary/aromatic N) is 1. The average molecular weight is 511 g/mol. The fourth-order valence-electron chi connectivity index (χ4n) is 3.75. The topological polar surface area (TPSA) is 77.1 Å². The van der Waals surface area contributed by atoms with Gasteiger partial charge in [0.05, 0.1) is 14.2 Å². The van der Waals surface area contributed by atoms with Crippen LogP contribution in [0.25, 0.3) is 0 Å². The summed E-state index contributed by atoms with van der Waals surface area (Å²) in [7, 11) is 3.07. The molecule has 1 N–H and O–H groups in total. The van der Waals surface area contributed by atoms with Crippen molar-refractivity contribution in [3.05, 3.63) is 88.9 Å². The maximum absolute atomic E-state index is 13.6. The van der Waals surface area contributed by atoms with Crippen LogP contribution in [0.2, 0.25) is 5.02 Å². The molecule has 1 unspecified atom stereocenters. The number of ether oxygens (including phenoxy) is 3. The molecular formula is C28H31ClN2O5. The number of hydrogen-bond acceptors (Lipinski definition) is 5. The third-order valence-corrected chi connectivity index (χ3v) is 5.98. The standard InChI is InChI=1S/C28H31ClN2O5/c1-4-30-28(33)26(14-20-10-6-5-7-11-20)31(18-21-12-8-9-13-25(21)29)27(32)19-36-24-16-22(34-2)15-23(17-24)35-3/h5-13,15-17,26H,4,14,18-19H2,1-3H3,(H,30,33). The van der Waals surface area contributed by atoms with Gasteiger partial charge in [-0.3, -0.25) is 9.59 Å². The lowest BCUT2D eigenvalue weighted by atomic mass is 10.0. The molecule has 0 fully saturated rings. The lowest BCUT2D eigenvalue weighted by Crippen LogP contribution is -2.51. The first-order valence-corrected chi connectivity index (χ1v) is 12.0. The van der Waals surface area contributed by atoms with Crippen molar-refractivity contribution in [2.75, 3.05) is 27.4 Å². The van der Waals surface area contributed by atoms with Gasteiger partial charge in [-0.05, 0) is 24.1 Å². The first-order valence-electron chi connectivity index (χ1n) is 11.7. The molecule has 190 valence electrons. The first kappa shape index (κ1) is 26.9. The molecule has 0 aliphatic heterocycles. The Kier molecular flexibility index (Phi) is 10.0. The van der Waals surface area contributed by atoms with Crippen molar-refractivity contribution in [3.8, 4) is 17.2 Å². The third kappa shape index (κ3) is 7.39. The van der Waals surface area contributed by atoms with Gasteiger partial charge < -0.3 is 24.4 Å². The summed E-state index contributed by atoms with van der Waals surface area (Å²) in [5.74, 6) is 0.881. The van der Waals surface area contributed by atoms with Crippen molar-refractivity contribution >= 4 is 23.4 Å². The second-order valence-corrected chi connectivity index (χ2v) is 8.46. The molecule has 0 saturated heterocycles. The van der Waals surface area contributed by atoms with Crippen molar-refractivity contribution in [2.24, 2.45) is 0 Å². The van der Waals surface area contributed by atoms with Crippen LogP contribution in [0.3, 0.4) is 0 Å². The maximum Gasteiger partial charge on any atom is 0.261 e. The largest absolute Gasteiger partial charge is 0.496 e. The zero-order valence-electron chi connectivity index (χ0n) is 20.7. The summed E-state index contributed by atoms with van der Waals surface area (Å²) in [6.45, 7) is 2.15. The summed E-state index contributed by atoms with van der Waals surface area (Å²) >= 11 is 6.42. The highest BCUT2D eigenvalue weighted by atomic mass is 35.5. The predicted molar refractivity (Wildman–Crippen MR) is 140 cm³/mol. The summed E-state index contributed by atoms with van der Waals surface area (Å²) in [6.07, 6.45) is 0.343. The molecule has 0 bridgehead atoms. The van der Waals surface area contributed by atoms with Crippen LogP contribution >= 0.6 is 11.6 Å². The smallest absolute Gasteiger partial charge is 0.261 e. The van der Waals surface area contributed by atoms with Crippen LogP contribution in [0, 0.1) is 0 Å². The van der Waals surface area contributed by atoms with Gasteiger partial charge >= 0.3 is 0 Å². The minimum atomic E-state index is -0.764. The van der Waals surface area contributed by atoms with E-state index in [2.05, 4.69) is 5.32 Å². The molecule has 2 amide bonds. The van der Waals surface area contributed by atoms with Gasteiger partial charge in [-0.25, -0.2) is 0 Å². The number of carbonyl (C=O) groups is 2. The SMILES string of the molecule is CCNC(=O)C(Cc1ccccc1)N(Cc1ccccc1Cl)C(=O)COc1cc(OC)cc(OC)c1. The van der Waals surface area contributed by atoms with Crippen molar-refractivity contribution in [3.63, 3.8) is 0 Å².